The number of pyridine rings is 1. The zero-order valence-corrected chi connectivity index (χ0v) is 36.5. The van der Waals surface area contributed by atoms with E-state index in [2.05, 4.69) is 18.2 Å². The molecule has 0 saturated heterocycles. The minimum absolute atomic E-state index is 0.289. The number of halogens is 24. The minimum atomic E-state index is -6.13. The summed E-state index contributed by atoms with van der Waals surface area (Å²) in [6, 6.07) is 11.2. The molecule has 1 aromatic heterocycles. The second-order valence-corrected chi connectivity index (χ2v) is 16.6. The molecule has 0 radical (unpaired) electrons. The molecule has 0 saturated carbocycles. The van der Waals surface area contributed by atoms with Crippen molar-refractivity contribution < 1.29 is 115 Å². The van der Waals surface area contributed by atoms with Crippen LogP contribution in [0.5, 0.6) is 5.88 Å². The first kappa shape index (κ1) is 57.2. The molecular formula is C48H26BF24NO. The molecule has 0 bridgehead atoms. The molecule has 27 heteroatoms. The zero-order valence-electron chi connectivity index (χ0n) is 36.5. The third-order valence-corrected chi connectivity index (χ3v) is 11.5. The maximum Gasteiger partial charge on any atom is 0.416 e. The first-order chi connectivity index (χ1) is 34.1. The molecule has 0 amide bonds. The lowest BCUT2D eigenvalue weighted by Gasteiger charge is -2.46. The fourth-order valence-corrected chi connectivity index (χ4v) is 8.19. The highest BCUT2D eigenvalue weighted by Crippen LogP contribution is 2.41. The van der Waals surface area contributed by atoms with Crippen LogP contribution in [0, 0.1) is 0 Å². The maximum absolute atomic E-state index is 14.2. The molecule has 0 spiro atoms. The Hall–Kier alpha value is -7.09. The Morgan fingerprint density at radius 3 is 0.800 bits per heavy atom. The Morgan fingerprint density at radius 2 is 0.547 bits per heavy atom. The third kappa shape index (κ3) is 12.9. The van der Waals surface area contributed by atoms with Gasteiger partial charge >= 0.3 is 55.3 Å². The molecule has 0 unspecified atom stereocenters. The molecule has 2 nitrogen and oxygen atoms in total. The van der Waals surface area contributed by atoms with Crippen LogP contribution in [0.2, 0.25) is 0 Å². The van der Waals surface area contributed by atoms with Crippen molar-refractivity contribution in [2.24, 2.45) is 0 Å². The van der Waals surface area contributed by atoms with Gasteiger partial charge in [0.1, 0.15) is 6.15 Å². The smallest absolute Gasteiger partial charge is 0.416 e. The van der Waals surface area contributed by atoms with Gasteiger partial charge < -0.3 is 5.11 Å². The number of alkyl halides is 24. The van der Waals surface area contributed by atoms with Crippen molar-refractivity contribution in [2.75, 3.05) is 0 Å². The van der Waals surface area contributed by atoms with Crippen LogP contribution in [0.3, 0.4) is 0 Å². The Kier molecular flexibility index (Phi) is 14.9. The lowest BCUT2D eigenvalue weighted by atomic mass is 9.12. The first-order valence-corrected chi connectivity index (χ1v) is 20.6. The van der Waals surface area contributed by atoms with Crippen LogP contribution in [0.1, 0.15) is 50.1 Å². The molecule has 0 aliphatic carbocycles. The summed E-state index contributed by atoms with van der Waals surface area (Å²) in [7, 11) is 0. The number of benzene rings is 6. The van der Waals surface area contributed by atoms with E-state index in [0.29, 0.717) is 6.54 Å². The lowest BCUT2D eigenvalue weighted by Crippen LogP contribution is -2.75. The summed E-state index contributed by atoms with van der Waals surface area (Å²) in [5.74, 6) is 0.289. The van der Waals surface area contributed by atoms with Gasteiger partial charge in [-0.05, 0) is 35.7 Å². The van der Waals surface area contributed by atoms with Crippen molar-refractivity contribution in [3.05, 3.63) is 190 Å². The van der Waals surface area contributed by atoms with Crippen molar-refractivity contribution in [1.29, 1.82) is 0 Å². The van der Waals surface area contributed by atoms with E-state index >= 15 is 0 Å². The van der Waals surface area contributed by atoms with E-state index in [-0.39, 0.29) is 5.88 Å². The number of aromatic nitrogens is 1. The van der Waals surface area contributed by atoms with Crippen molar-refractivity contribution in [3.63, 3.8) is 0 Å². The van der Waals surface area contributed by atoms with E-state index in [1.165, 1.54) is 5.56 Å². The molecule has 0 atom stereocenters. The number of nitrogens with zero attached hydrogens (tertiary/aromatic N) is 1. The Labute approximate surface area is 405 Å². The summed E-state index contributed by atoms with van der Waals surface area (Å²) in [6.07, 6.45) is -52.8. The van der Waals surface area contributed by atoms with E-state index in [1.54, 1.807) is 6.07 Å². The average Bonchev–Trinajstić information content (AvgIpc) is 3.27. The highest BCUT2D eigenvalue weighted by Gasteiger charge is 2.47. The molecule has 75 heavy (non-hydrogen) atoms. The van der Waals surface area contributed by atoms with Crippen LogP contribution in [0.15, 0.2) is 140 Å². The van der Waals surface area contributed by atoms with E-state index in [0.717, 1.165) is 10.8 Å². The maximum atomic E-state index is 14.2. The van der Waals surface area contributed by atoms with Gasteiger partial charge in [0.05, 0.1) is 50.6 Å². The van der Waals surface area contributed by atoms with Gasteiger partial charge in [-0.1, -0.05) is 97.1 Å². The van der Waals surface area contributed by atoms with E-state index in [1.807, 2.05) is 47.2 Å². The topological polar surface area (TPSA) is 24.1 Å². The van der Waals surface area contributed by atoms with E-state index < -0.39 is 195 Å². The molecule has 1 heterocycles. The molecule has 1 N–H and O–H groups in total. The van der Waals surface area contributed by atoms with Crippen LogP contribution in [-0.2, 0) is 56.0 Å². The number of aromatic hydroxyl groups is 1. The SMILES string of the molecule is FC(F)(F)c1cc([B-](c2cc(C(F)(F)F)cc(C(F)(F)F)c2)(c2cc(C(F)(F)F)cc(C(F)(F)F)c2)c2cc(C(F)(F)F)cc(C(F)(F)F)c2)cc(C(F)(F)F)c1.Oc1cc2ccccc2c[n+]1Cc1ccccc1. The van der Waals surface area contributed by atoms with Gasteiger partial charge in [0.2, 0.25) is 0 Å². The fourth-order valence-electron chi connectivity index (χ4n) is 8.19. The molecule has 7 aromatic rings. The zero-order chi connectivity index (χ0) is 56.3. The van der Waals surface area contributed by atoms with Gasteiger partial charge in [0.15, 0.2) is 12.7 Å². The predicted molar refractivity (Wildman–Crippen MR) is 221 cm³/mol. The van der Waals surface area contributed by atoms with Crippen molar-refractivity contribution in [1.82, 2.24) is 0 Å². The van der Waals surface area contributed by atoms with Gasteiger partial charge in [-0.2, -0.15) is 132 Å². The van der Waals surface area contributed by atoms with Crippen LogP contribution < -0.4 is 26.4 Å². The number of rotatable bonds is 6. The summed E-state index contributed by atoms with van der Waals surface area (Å²) in [4.78, 5) is 0. The number of fused-ring (bicyclic) bond motifs is 1. The third-order valence-electron chi connectivity index (χ3n) is 11.5. The van der Waals surface area contributed by atoms with Gasteiger partial charge in [-0.15, -0.1) is 0 Å². The van der Waals surface area contributed by atoms with Crippen molar-refractivity contribution in [3.8, 4) is 5.88 Å². The van der Waals surface area contributed by atoms with Crippen LogP contribution >= 0.6 is 0 Å². The normalized spacial score (nSPS) is 13.4. The predicted octanol–water partition coefficient (Wildman–Crippen LogP) is 14.1. The summed E-state index contributed by atoms with van der Waals surface area (Å²) < 4.78 is 343. The Morgan fingerprint density at radius 1 is 0.307 bits per heavy atom. The first-order valence-electron chi connectivity index (χ1n) is 20.6. The van der Waals surface area contributed by atoms with E-state index in [9.17, 15) is 110 Å². The highest BCUT2D eigenvalue weighted by atomic mass is 19.4. The van der Waals surface area contributed by atoms with Crippen LogP contribution in [0.25, 0.3) is 10.8 Å². The number of hydrogen-bond acceptors (Lipinski definition) is 1. The standard InChI is InChI=1S/C32H12BF24.C16H13NO/c34-25(35,36)13-1-14(26(37,38)39)6-21(5-13)33(22-7-15(27(40,41)42)2-16(8-22)28(43,44)45,23-9-17(29(46,47)48)3-18(10-23)30(49,50)51)24-11-19(31(52,53)54)4-20(12-24)32(55,56)57;18-16-10-14-8-4-5-9-15(14)12-17(16)11-13-6-2-1-3-7-13/h1-12H;1-10,12H,11H2/q-1;/p+1. The Balaban J connectivity index is 0.000000421. The van der Waals surface area contributed by atoms with Gasteiger partial charge in [-0.3, -0.25) is 0 Å². The highest BCUT2D eigenvalue weighted by molar-refractivity contribution is 7.20. The molecule has 6 aromatic carbocycles. The van der Waals surface area contributed by atoms with Gasteiger partial charge in [0.25, 0.3) is 0 Å². The monoisotopic (exact) mass is 1100 g/mol. The van der Waals surface area contributed by atoms with Gasteiger partial charge in [-0.25, -0.2) is 0 Å². The lowest BCUT2D eigenvalue weighted by molar-refractivity contribution is -0.692. The molecule has 0 aliphatic rings. The summed E-state index contributed by atoms with van der Waals surface area (Å²) in [5, 5.41) is 12.2. The molecule has 0 aliphatic heterocycles. The minimum Gasteiger partial charge on any atom is -0.460 e. The largest absolute Gasteiger partial charge is 0.460 e. The van der Waals surface area contributed by atoms with Gasteiger partial charge in [0, 0.05) is 10.9 Å². The average molecular weight is 1100 g/mol. The fraction of sp³-hybridized carbons (Fsp3) is 0.188. The molecule has 0 fully saturated rings. The quantitative estimate of drug-likeness (QED) is 0.100. The second kappa shape index (κ2) is 19.6. The second-order valence-electron chi connectivity index (χ2n) is 16.6. The van der Waals surface area contributed by atoms with Crippen LogP contribution in [0.4, 0.5) is 105 Å². The summed E-state index contributed by atoms with van der Waals surface area (Å²) in [6.45, 7) is 0.678. The van der Waals surface area contributed by atoms with Crippen molar-refractivity contribution in [2.45, 2.75) is 56.0 Å². The van der Waals surface area contributed by atoms with Crippen molar-refractivity contribution >= 4 is 38.8 Å². The Bertz CT molecular complexity index is 2760. The molecule has 400 valence electrons. The van der Waals surface area contributed by atoms with Crippen LogP contribution in [-0.4, -0.2) is 11.3 Å². The summed E-state index contributed by atoms with van der Waals surface area (Å²) >= 11 is 0. The number of hydrogen-bond donors (Lipinski definition) is 1. The molecular weight excluding hydrogens is 1070 g/mol. The van der Waals surface area contributed by atoms with E-state index in [4.69, 9.17) is 0 Å². The summed E-state index contributed by atoms with van der Waals surface area (Å²) in [5.41, 5.74) is -29.0. The molecule has 7 rings (SSSR count).